The molecule has 3 heteroatoms. The van der Waals surface area contributed by atoms with Crippen molar-refractivity contribution in [3.8, 4) is 0 Å². The molecule has 0 spiro atoms. The maximum absolute atomic E-state index is 12.8. The van der Waals surface area contributed by atoms with Crippen LogP contribution in [0.25, 0.3) is 0 Å². The molecular weight excluding hydrogens is 360 g/mol. The zero-order valence-corrected chi connectivity index (χ0v) is 16.3. The Hall–Kier alpha value is -2.03. The van der Waals surface area contributed by atoms with Gasteiger partial charge in [-0.05, 0) is 24.1 Å². The first-order valence-corrected chi connectivity index (χ1v) is 9.94. The number of Topliss-reactive ketones (excluding diaryl/α,β-unsaturated/α-hetero) is 1. The van der Waals surface area contributed by atoms with Gasteiger partial charge in [-0.15, -0.1) is 11.8 Å². The summed E-state index contributed by atoms with van der Waals surface area (Å²) in [5.41, 5.74) is 2.95. The van der Waals surface area contributed by atoms with E-state index in [1.54, 1.807) is 23.9 Å². The monoisotopic (exact) mass is 382 g/mol. The highest BCUT2D eigenvalue weighted by Crippen LogP contribution is 2.29. The number of carbonyl (C=O) groups excluding carboxylic acids is 1. The smallest absolute Gasteiger partial charge is 0.160 e. The summed E-state index contributed by atoms with van der Waals surface area (Å²) in [7, 11) is 0. The van der Waals surface area contributed by atoms with Crippen LogP contribution in [0.15, 0.2) is 102 Å². The highest BCUT2D eigenvalue weighted by atomic mass is 35.5. The lowest BCUT2D eigenvalue weighted by atomic mass is 10.0. The van der Waals surface area contributed by atoms with Crippen LogP contribution in [0.2, 0.25) is 0 Å². The average molecular weight is 383 g/mol. The third-order valence-electron chi connectivity index (χ3n) is 3.89. The number of benzene rings is 1. The third kappa shape index (κ3) is 6.70. The molecule has 1 aliphatic rings. The average Bonchev–Trinajstić information content (AvgIpc) is 2.85. The summed E-state index contributed by atoms with van der Waals surface area (Å²) < 4.78 is 0. The molecule has 0 fully saturated rings. The van der Waals surface area contributed by atoms with Crippen LogP contribution in [0.5, 0.6) is 0 Å². The highest BCUT2D eigenvalue weighted by molar-refractivity contribution is 7.99. The molecule has 134 valence electrons. The van der Waals surface area contributed by atoms with Crippen molar-refractivity contribution in [2.24, 2.45) is 0 Å². The lowest BCUT2D eigenvalue weighted by Gasteiger charge is -2.15. The van der Waals surface area contributed by atoms with Crippen molar-refractivity contribution in [3.63, 3.8) is 0 Å². The Morgan fingerprint density at radius 1 is 1.19 bits per heavy atom. The minimum absolute atomic E-state index is 0.00723. The molecule has 0 aliphatic heterocycles. The maximum atomic E-state index is 12.8. The van der Waals surface area contributed by atoms with E-state index >= 15 is 0 Å². The van der Waals surface area contributed by atoms with Crippen molar-refractivity contribution in [2.75, 3.05) is 0 Å². The van der Waals surface area contributed by atoms with Gasteiger partial charge in [-0.2, -0.15) is 0 Å². The summed E-state index contributed by atoms with van der Waals surface area (Å²) >= 11 is 7.87. The molecule has 1 unspecified atom stereocenters. The summed E-state index contributed by atoms with van der Waals surface area (Å²) in [6.07, 6.45) is 14.0. The van der Waals surface area contributed by atoms with Gasteiger partial charge in [0.1, 0.15) is 0 Å². The second-order valence-electron chi connectivity index (χ2n) is 5.93. The van der Waals surface area contributed by atoms with Gasteiger partial charge in [0.05, 0.1) is 5.25 Å². The van der Waals surface area contributed by atoms with Crippen molar-refractivity contribution in [1.29, 1.82) is 0 Å². The van der Waals surface area contributed by atoms with E-state index in [0.29, 0.717) is 17.9 Å². The summed E-state index contributed by atoms with van der Waals surface area (Å²) in [5, 5.41) is 0.628. The molecule has 1 nitrogen and oxygen atoms in total. The van der Waals surface area contributed by atoms with Crippen LogP contribution in [0.4, 0.5) is 0 Å². The van der Waals surface area contributed by atoms with Crippen LogP contribution in [0.3, 0.4) is 0 Å². The number of hydrogen-bond acceptors (Lipinski definition) is 2. The van der Waals surface area contributed by atoms with Crippen molar-refractivity contribution in [3.05, 3.63) is 108 Å². The minimum Gasteiger partial charge on any atom is -0.294 e. The van der Waals surface area contributed by atoms with Crippen LogP contribution < -0.4 is 0 Å². The largest absolute Gasteiger partial charge is 0.294 e. The molecule has 0 saturated heterocycles. The number of rotatable bonds is 9. The fourth-order valence-corrected chi connectivity index (χ4v) is 3.75. The van der Waals surface area contributed by atoms with Gasteiger partial charge in [0.15, 0.2) is 5.78 Å². The molecule has 1 atom stereocenters. The van der Waals surface area contributed by atoms with E-state index < -0.39 is 0 Å². The number of halogens is 1. The van der Waals surface area contributed by atoms with E-state index in [2.05, 4.69) is 25.3 Å². The van der Waals surface area contributed by atoms with Gasteiger partial charge in [-0.3, -0.25) is 4.79 Å². The predicted molar refractivity (Wildman–Crippen MR) is 115 cm³/mol. The van der Waals surface area contributed by atoms with Gasteiger partial charge in [-0.1, -0.05) is 91.0 Å². The molecule has 0 N–H and O–H groups in total. The fraction of sp³-hybridized carbons (Fsp3) is 0.174. The Morgan fingerprint density at radius 3 is 2.69 bits per heavy atom. The zero-order chi connectivity index (χ0) is 18.8. The molecule has 2 rings (SSSR count). The van der Waals surface area contributed by atoms with E-state index in [-0.39, 0.29) is 11.0 Å². The number of carbonyl (C=O) groups is 1. The molecule has 0 saturated carbocycles. The molecular formula is C23H23ClOS. The van der Waals surface area contributed by atoms with Gasteiger partial charge < -0.3 is 0 Å². The molecule has 1 aliphatic carbocycles. The van der Waals surface area contributed by atoms with Crippen molar-refractivity contribution in [1.82, 2.24) is 0 Å². The molecule has 26 heavy (non-hydrogen) atoms. The topological polar surface area (TPSA) is 17.1 Å². The van der Waals surface area contributed by atoms with E-state index in [4.69, 9.17) is 11.6 Å². The maximum Gasteiger partial charge on any atom is 0.160 e. The Bertz CT molecular complexity index is 769. The number of ketones is 1. The first-order chi connectivity index (χ1) is 12.6. The first kappa shape index (κ1) is 20.3. The Morgan fingerprint density at radius 2 is 1.96 bits per heavy atom. The van der Waals surface area contributed by atoms with Crippen LogP contribution in [-0.2, 0) is 10.5 Å². The van der Waals surface area contributed by atoms with Crippen molar-refractivity contribution < 1.29 is 4.79 Å². The zero-order valence-electron chi connectivity index (χ0n) is 14.7. The Balaban J connectivity index is 2.04. The molecule has 1 aromatic carbocycles. The van der Waals surface area contributed by atoms with E-state index in [1.165, 1.54) is 5.56 Å². The molecule has 0 heterocycles. The molecule has 0 amide bonds. The van der Waals surface area contributed by atoms with Crippen LogP contribution in [-0.4, -0.2) is 11.0 Å². The first-order valence-electron chi connectivity index (χ1n) is 8.51. The van der Waals surface area contributed by atoms with Gasteiger partial charge in [-0.25, -0.2) is 0 Å². The van der Waals surface area contributed by atoms with Gasteiger partial charge in [0, 0.05) is 22.8 Å². The third-order valence-corrected chi connectivity index (χ3v) is 5.42. The summed E-state index contributed by atoms with van der Waals surface area (Å²) in [5.74, 6) is 0.975. The molecule has 0 bridgehead atoms. The van der Waals surface area contributed by atoms with E-state index in [9.17, 15) is 4.79 Å². The van der Waals surface area contributed by atoms with Gasteiger partial charge in [0.2, 0.25) is 0 Å². The van der Waals surface area contributed by atoms with Crippen molar-refractivity contribution in [2.45, 2.75) is 23.8 Å². The summed E-state index contributed by atoms with van der Waals surface area (Å²) in [6, 6.07) is 10.3. The normalized spacial score (nSPS) is 16.7. The van der Waals surface area contributed by atoms with Crippen LogP contribution >= 0.6 is 23.4 Å². The summed E-state index contributed by atoms with van der Waals surface area (Å²) in [6.45, 7) is 7.62. The predicted octanol–water partition coefficient (Wildman–Crippen LogP) is 6.56. The van der Waals surface area contributed by atoms with Crippen LogP contribution in [0, 0.1) is 0 Å². The lowest BCUT2D eigenvalue weighted by molar-refractivity contribution is -0.115. The molecule has 0 radical (unpaired) electrons. The number of allylic oxidation sites excluding steroid dienone is 8. The second kappa shape index (κ2) is 10.8. The Labute approximate surface area is 165 Å². The summed E-state index contributed by atoms with van der Waals surface area (Å²) in [4.78, 5) is 12.8. The quantitative estimate of drug-likeness (QED) is 0.450. The van der Waals surface area contributed by atoms with E-state index in [1.807, 2.05) is 48.6 Å². The van der Waals surface area contributed by atoms with Crippen molar-refractivity contribution >= 4 is 29.1 Å². The van der Waals surface area contributed by atoms with Gasteiger partial charge in [0.25, 0.3) is 0 Å². The fourth-order valence-electron chi connectivity index (χ4n) is 2.47. The minimum atomic E-state index is -0.00723. The lowest BCUT2D eigenvalue weighted by Crippen LogP contribution is -2.14. The standard InChI is InChI=1S/C23H23ClOS/c1-3-4-8-18(2)11-15-22(25)21-14-12-20(24)13-16-23(21)26-17-19-9-6-5-7-10-19/h3-10,12-14,16,23H,1-2,11,15,17H2/b8-4-. The molecule has 1 aromatic rings. The SMILES string of the molecule is C=C/C=C\C(=C)CCC(=O)C1=CC=C(Cl)C=CC1SCc1ccccc1. The number of hydrogen-bond donors (Lipinski definition) is 0. The van der Waals surface area contributed by atoms with Crippen LogP contribution in [0.1, 0.15) is 18.4 Å². The Kier molecular flexibility index (Phi) is 8.46. The van der Waals surface area contributed by atoms with E-state index in [0.717, 1.165) is 16.9 Å². The molecule has 0 aromatic heterocycles. The van der Waals surface area contributed by atoms with Gasteiger partial charge >= 0.3 is 0 Å². The number of thioether (sulfide) groups is 1. The highest BCUT2D eigenvalue weighted by Gasteiger charge is 2.20. The second-order valence-corrected chi connectivity index (χ2v) is 7.49.